The van der Waals surface area contributed by atoms with Gasteiger partial charge in [0.2, 0.25) is 0 Å². The van der Waals surface area contributed by atoms with Crippen molar-refractivity contribution < 1.29 is 24.2 Å². The molecule has 0 spiro atoms. The molecular formula is C28H25NO5. The second kappa shape index (κ2) is 10.1. The highest BCUT2D eigenvalue weighted by Gasteiger charge is 2.44. The summed E-state index contributed by atoms with van der Waals surface area (Å²) in [5.74, 6) is -0.617. The van der Waals surface area contributed by atoms with E-state index in [1.165, 1.54) is 25.2 Å². The number of carbonyl (C=O) groups excluding carboxylic acids is 2. The van der Waals surface area contributed by atoms with E-state index in [-0.39, 0.29) is 12.1 Å². The molecule has 3 aromatic rings. The second-order valence-electron chi connectivity index (χ2n) is 7.80. The average molecular weight is 456 g/mol. The Hall–Kier alpha value is -4.32. The van der Waals surface area contributed by atoms with Crippen LogP contribution >= 0.6 is 0 Å². The fourth-order valence-corrected chi connectivity index (χ4v) is 4.05. The number of benzene rings is 3. The number of amides is 1. The van der Waals surface area contributed by atoms with E-state index in [4.69, 9.17) is 9.47 Å². The van der Waals surface area contributed by atoms with Crippen molar-refractivity contribution in [1.82, 2.24) is 4.90 Å². The average Bonchev–Trinajstić information content (AvgIpc) is 3.13. The van der Waals surface area contributed by atoms with E-state index in [0.717, 1.165) is 11.1 Å². The van der Waals surface area contributed by atoms with Crippen LogP contribution in [0.2, 0.25) is 0 Å². The fourth-order valence-electron chi connectivity index (χ4n) is 4.05. The molecule has 0 aromatic heterocycles. The van der Waals surface area contributed by atoms with Crippen molar-refractivity contribution in [2.24, 2.45) is 0 Å². The first-order valence-corrected chi connectivity index (χ1v) is 10.8. The van der Waals surface area contributed by atoms with Gasteiger partial charge in [0.25, 0.3) is 5.91 Å². The predicted molar refractivity (Wildman–Crippen MR) is 129 cm³/mol. The third kappa shape index (κ3) is 4.57. The van der Waals surface area contributed by atoms with Crippen LogP contribution in [-0.4, -0.2) is 35.9 Å². The highest BCUT2D eigenvalue weighted by Crippen LogP contribution is 2.43. The van der Waals surface area contributed by atoms with Crippen LogP contribution in [0.5, 0.6) is 11.5 Å². The van der Waals surface area contributed by atoms with Crippen molar-refractivity contribution in [1.29, 1.82) is 0 Å². The Morgan fingerprint density at radius 3 is 2.29 bits per heavy atom. The van der Waals surface area contributed by atoms with E-state index in [0.29, 0.717) is 17.1 Å². The molecule has 0 radical (unpaired) electrons. The maximum atomic E-state index is 13.4. The highest BCUT2D eigenvalue weighted by molar-refractivity contribution is 6.14. The Labute approximate surface area is 198 Å². The molecule has 0 saturated heterocycles. The molecule has 34 heavy (non-hydrogen) atoms. The van der Waals surface area contributed by atoms with Gasteiger partial charge >= 0.3 is 0 Å². The second-order valence-corrected chi connectivity index (χ2v) is 7.80. The summed E-state index contributed by atoms with van der Waals surface area (Å²) in [4.78, 5) is 28.0. The minimum absolute atomic E-state index is 0.000310. The molecule has 1 aliphatic rings. The van der Waals surface area contributed by atoms with Crippen LogP contribution in [0.25, 0.3) is 6.08 Å². The van der Waals surface area contributed by atoms with Crippen LogP contribution in [0, 0.1) is 0 Å². The summed E-state index contributed by atoms with van der Waals surface area (Å²) in [5.41, 5.74) is 2.24. The molecule has 1 atom stereocenters. The summed E-state index contributed by atoms with van der Waals surface area (Å²) in [7, 11) is 3.05. The molecule has 1 amide bonds. The summed E-state index contributed by atoms with van der Waals surface area (Å²) in [6, 6.07) is 23.1. The van der Waals surface area contributed by atoms with Crippen molar-refractivity contribution in [3.8, 4) is 11.5 Å². The van der Waals surface area contributed by atoms with Gasteiger partial charge in [0.15, 0.2) is 11.5 Å². The quantitative estimate of drug-likeness (QED) is 0.490. The summed E-state index contributed by atoms with van der Waals surface area (Å²) >= 11 is 0. The molecule has 172 valence electrons. The molecule has 0 bridgehead atoms. The summed E-state index contributed by atoms with van der Waals surface area (Å²) < 4.78 is 10.9. The normalized spacial score (nSPS) is 15.8. The number of nitrogens with zero attached hydrogens (tertiary/aromatic N) is 1. The number of ketones is 1. The topological polar surface area (TPSA) is 76.1 Å². The third-order valence-corrected chi connectivity index (χ3v) is 5.72. The first kappa shape index (κ1) is 22.9. The smallest absolute Gasteiger partial charge is 0.290 e. The van der Waals surface area contributed by atoms with E-state index in [9.17, 15) is 14.7 Å². The zero-order chi connectivity index (χ0) is 24.1. The number of hydrogen-bond acceptors (Lipinski definition) is 5. The van der Waals surface area contributed by atoms with E-state index in [2.05, 4.69) is 0 Å². The van der Waals surface area contributed by atoms with Crippen molar-refractivity contribution in [3.63, 3.8) is 0 Å². The van der Waals surface area contributed by atoms with Crippen molar-refractivity contribution in [2.45, 2.75) is 12.6 Å². The molecule has 1 heterocycles. The highest BCUT2D eigenvalue weighted by atomic mass is 16.5. The number of aliphatic hydroxyl groups excluding tert-OH is 1. The maximum absolute atomic E-state index is 13.4. The van der Waals surface area contributed by atoms with Crippen molar-refractivity contribution in [3.05, 3.63) is 113 Å². The number of methoxy groups -OCH3 is 2. The molecule has 6 heteroatoms. The number of rotatable bonds is 8. The zero-order valence-corrected chi connectivity index (χ0v) is 19.0. The van der Waals surface area contributed by atoms with Gasteiger partial charge in [0, 0.05) is 12.1 Å². The van der Waals surface area contributed by atoms with Crippen LogP contribution in [0.4, 0.5) is 0 Å². The van der Waals surface area contributed by atoms with Crippen LogP contribution in [0.15, 0.2) is 96.3 Å². The monoisotopic (exact) mass is 455 g/mol. The van der Waals surface area contributed by atoms with Gasteiger partial charge in [0.05, 0.1) is 25.8 Å². The Kier molecular flexibility index (Phi) is 6.78. The Bertz CT molecular complexity index is 1250. The van der Waals surface area contributed by atoms with Gasteiger partial charge in [-0.25, -0.2) is 0 Å². The van der Waals surface area contributed by atoms with Gasteiger partial charge in [-0.05, 0) is 35.4 Å². The van der Waals surface area contributed by atoms with E-state index < -0.39 is 23.5 Å². The minimum Gasteiger partial charge on any atom is -0.503 e. The fraction of sp³-hybridized carbons (Fsp3) is 0.143. The molecule has 0 aliphatic carbocycles. The first-order valence-electron chi connectivity index (χ1n) is 10.8. The number of aliphatic hydroxyl groups is 1. The van der Waals surface area contributed by atoms with Gasteiger partial charge < -0.3 is 19.5 Å². The van der Waals surface area contributed by atoms with Gasteiger partial charge in [-0.15, -0.1) is 0 Å². The van der Waals surface area contributed by atoms with Crippen molar-refractivity contribution >= 4 is 17.8 Å². The molecule has 4 rings (SSSR count). The summed E-state index contributed by atoms with van der Waals surface area (Å²) in [6.45, 7) is 0.202. The molecule has 1 unspecified atom stereocenters. The summed E-state index contributed by atoms with van der Waals surface area (Å²) in [6.07, 6.45) is 3.03. The SMILES string of the molecule is COc1ccc(OC)c(C2C(C(=O)/C=C/c3ccccc3)=C(O)C(=O)N2Cc2ccccc2)c1. The van der Waals surface area contributed by atoms with Gasteiger partial charge in [-0.2, -0.15) is 0 Å². The molecule has 0 saturated carbocycles. The largest absolute Gasteiger partial charge is 0.503 e. The van der Waals surface area contributed by atoms with Crippen LogP contribution in [0.1, 0.15) is 22.7 Å². The Balaban J connectivity index is 1.80. The molecule has 3 aromatic carbocycles. The lowest BCUT2D eigenvalue weighted by Crippen LogP contribution is -2.30. The number of ether oxygens (including phenoxy) is 2. The molecule has 0 fully saturated rings. The lowest BCUT2D eigenvalue weighted by molar-refractivity contribution is -0.130. The Morgan fingerprint density at radius 2 is 1.65 bits per heavy atom. The number of carbonyl (C=O) groups is 2. The first-order chi connectivity index (χ1) is 16.5. The summed E-state index contributed by atoms with van der Waals surface area (Å²) in [5, 5.41) is 10.9. The standard InChI is InChI=1S/C28H25NO5/c1-33-21-14-16-24(34-2)22(17-21)26-25(23(30)15-13-19-9-5-3-6-10-19)27(31)28(32)29(26)18-20-11-7-4-8-12-20/h3-17,26,31H,18H2,1-2H3/b15-13+. The van der Waals surface area contributed by atoms with Crippen LogP contribution in [0.3, 0.4) is 0 Å². The van der Waals surface area contributed by atoms with Crippen LogP contribution in [-0.2, 0) is 16.1 Å². The van der Waals surface area contributed by atoms with Crippen molar-refractivity contribution in [2.75, 3.05) is 14.2 Å². The molecule has 1 aliphatic heterocycles. The zero-order valence-electron chi connectivity index (χ0n) is 19.0. The minimum atomic E-state index is -0.856. The van der Waals surface area contributed by atoms with Gasteiger partial charge in [0.1, 0.15) is 11.5 Å². The number of allylic oxidation sites excluding steroid dienone is 1. The van der Waals surface area contributed by atoms with Gasteiger partial charge in [-0.3, -0.25) is 9.59 Å². The third-order valence-electron chi connectivity index (χ3n) is 5.72. The number of hydrogen-bond donors (Lipinski definition) is 1. The van der Waals surface area contributed by atoms with E-state index in [1.54, 1.807) is 24.3 Å². The van der Waals surface area contributed by atoms with Gasteiger partial charge in [-0.1, -0.05) is 66.7 Å². The predicted octanol–water partition coefficient (Wildman–Crippen LogP) is 4.88. The lowest BCUT2D eigenvalue weighted by atomic mass is 9.94. The van der Waals surface area contributed by atoms with Crippen LogP contribution < -0.4 is 9.47 Å². The molecule has 6 nitrogen and oxygen atoms in total. The Morgan fingerprint density at radius 1 is 0.971 bits per heavy atom. The molecule has 1 N–H and O–H groups in total. The van der Waals surface area contributed by atoms with E-state index >= 15 is 0 Å². The van der Waals surface area contributed by atoms with E-state index in [1.807, 2.05) is 60.7 Å². The molecular weight excluding hydrogens is 430 g/mol. The maximum Gasteiger partial charge on any atom is 0.290 e. The lowest BCUT2D eigenvalue weighted by Gasteiger charge is -2.28.